The van der Waals surface area contributed by atoms with E-state index < -0.39 is 0 Å². The fraction of sp³-hybridized carbons (Fsp3) is 0.320. The van der Waals surface area contributed by atoms with Gasteiger partial charge in [-0.25, -0.2) is 0 Å². The number of amides is 1. The lowest BCUT2D eigenvalue weighted by Crippen LogP contribution is -2.28. The summed E-state index contributed by atoms with van der Waals surface area (Å²) in [7, 11) is 0. The molecule has 3 heterocycles. The number of rotatable bonds is 7. The number of aromatic amines is 1. The molecule has 1 fully saturated rings. The molecule has 1 saturated heterocycles. The van der Waals surface area contributed by atoms with E-state index in [9.17, 15) is 4.79 Å². The number of carbonyl (C=O) groups is 1. The van der Waals surface area contributed by atoms with Gasteiger partial charge in [-0.3, -0.25) is 4.79 Å². The molecule has 0 saturated carbocycles. The summed E-state index contributed by atoms with van der Waals surface area (Å²) >= 11 is 6.33. The maximum atomic E-state index is 12.7. The summed E-state index contributed by atoms with van der Waals surface area (Å²) in [5, 5.41) is 10.3. The second kappa shape index (κ2) is 9.17. The van der Waals surface area contributed by atoms with Gasteiger partial charge in [0.15, 0.2) is 0 Å². The van der Waals surface area contributed by atoms with Gasteiger partial charge in [0.1, 0.15) is 0 Å². The largest absolute Gasteiger partial charge is 0.425 e. The van der Waals surface area contributed by atoms with Crippen molar-refractivity contribution in [3.8, 4) is 0 Å². The number of hydrogen-bond donors (Lipinski definition) is 1. The highest BCUT2D eigenvalue weighted by atomic mass is 35.5. The van der Waals surface area contributed by atoms with Crippen LogP contribution in [0.2, 0.25) is 5.02 Å². The first-order chi connectivity index (χ1) is 15.7. The molecule has 1 N–H and O–H groups in total. The molecular weight excluding hydrogens is 424 g/mol. The molecule has 1 atom stereocenters. The summed E-state index contributed by atoms with van der Waals surface area (Å²) in [6.07, 6.45) is 5.31. The third-order valence-electron chi connectivity index (χ3n) is 6.23. The summed E-state index contributed by atoms with van der Waals surface area (Å²) in [5.74, 6) is 1.55. The van der Waals surface area contributed by atoms with E-state index in [1.807, 2.05) is 41.4 Å². The number of hydrogen-bond acceptors (Lipinski definition) is 4. The molecule has 32 heavy (non-hydrogen) atoms. The third kappa shape index (κ3) is 4.41. The van der Waals surface area contributed by atoms with E-state index in [0.29, 0.717) is 43.5 Å². The Morgan fingerprint density at radius 3 is 2.72 bits per heavy atom. The Hall–Kier alpha value is -3.12. The van der Waals surface area contributed by atoms with Crippen molar-refractivity contribution in [3.63, 3.8) is 0 Å². The lowest BCUT2D eigenvalue weighted by atomic mass is 9.98. The minimum absolute atomic E-state index is 0.123. The van der Waals surface area contributed by atoms with Gasteiger partial charge < -0.3 is 14.3 Å². The Kier molecular flexibility index (Phi) is 5.95. The average molecular weight is 449 g/mol. The fourth-order valence-electron chi connectivity index (χ4n) is 4.49. The quantitative estimate of drug-likeness (QED) is 0.434. The standard InChI is InChI=1S/C25H25ClN4O2/c26-21-7-3-1-5-19(21)18-13-14-30(16-18)25(31)12-11-24-29-28-23(32-24)10-9-17-15-27-22-8-4-2-6-20(17)22/h1-8,15,18,27H,9-14,16H2/t18-/m0/s1. The van der Waals surface area contributed by atoms with Crippen molar-refractivity contribution in [2.24, 2.45) is 0 Å². The summed E-state index contributed by atoms with van der Waals surface area (Å²) < 4.78 is 5.79. The number of aryl methyl sites for hydroxylation is 3. The van der Waals surface area contributed by atoms with Gasteiger partial charge in [0.25, 0.3) is 0 Å². The molecule has 0 aliphatic carbocycles. The Morgan fingerprint density at radius 1 is 1.06 bits per heavy atom. The maximum absolute atomic E-state index is 12.7. The van der Waals surface area contributed by atoms with Crippen molar-refractivity contribution in [1.82, 2.24) is 20.1 Å². The molecule has 5 rings (SSSR count). The first kappa shape index (κ1) is 20.8. The summed E-state index contributed by atoms with van der Waals surface area (Å²) in [4.78, 5) is 17.9. The highest BCUT2D eigenvalue weighted by Crippen LogP contribution is 2.32. The van der Waals surface area contributed by atoms with Crippen LogP contribution in [0.3, 0.4) is 0 Å². The number of aromatic nitrogens is 3. The molecule has 2 aromatic carbocycles. The fourth-order valence-corrected chi connectivity index (χ4v) is 4.78. The molecule has 0 unspecified atom stereocenters. The summed E-state index contributed by atoms with van der Waals surface area (Å²) in [6.45, 7) is 1.47. The van der Waals surface area contributed by atoms with Crippen molar-refractivity contribution in [2.45, 2.75) is 38.0 Å². The minimum atomic E-state index is 0.123. The Balaban J connectivity index is 1.12. The lowest BCUT2D eigenvalue weighted by molar-refractivity contribution is -0.130. The van der Waals surface area contributed by atoms with E-state index in [2.05, 4.69) is 33.4 Å². The Bertz CT molecular complexity index is 1230. The molecule has 0 bridgehead atoms. The van der Waals surface area contributed by atoms with Crippen LogP contribution in [0.5, 0.6) is 0 Å². The molecule has 1 aliphatic heterocycles. The van der Waals surface area contributed by atoms with E-state index in [0.717, 1.165) is 35.5 Å². The second-order valence-electron chi connectivity index (χ2n) is 8.30. The van der Waals surface area contributed by atoms with Crippen LogP contribution >= 0.6 is 11.6 Å². The average Bonchev–Trinajstić information content (AvgIpc) is 3.56. The first-order valence-corrected chi connectivity index (χ1v) is 11.4. The van der Waals surface area contributed by atoms with E-state index in [1.54, 1.807) is 0 Å². The van der Waals surface area contributed by atoms with Crippen molar-refractivity contribution >= 4 is 28.4 Å². The lowest BCUT2D eigenvalue weighted by Gasteiger charge is -2.16. The van der Waals surface area contributed by atoms with Crippen LogP contribution in [0.15, 0.2) is 59.1 Å². The van der Waals surface area contributed by atoms with Crippen LogP contribution in [0.1, 0.15) is 41.7 Å². The predicted molar refractivity (Wildman–Crippen MR) is 124 cm³/mol. The van der Waals surface area contributed by atoms with Crippen LogP contribution < -0.4 is 0 Å². The van der Waals surface area contributed by atoms with E-state index in [-0.39, 0.29) is 5.91 Å². The number of nitrogens with zero attached hydrogens (tertiary/aromatic N) is 3. The number of nitrogens with one attached hydrogen (secondary N) is 1. The van der Waals surface area contributed by atoms with Crippen molar-refractivity contribution < 1.29 is 9.21 Å². The zero-order valence-electron chi connectivity index (χ0n) is 17.8. The minimum Gasteiger partial charge on any atom is -0.425 e. The number of carbonyl (C=O) groups excluding carboxylic acids is 1. The Morgan fingerprint density at radius 2 is 1.84 bits per heavy atom. The topological polar surface area (TPSA) is 75.0 Å². The van der Waals surface area contributed by atoms with Crippen LogP contribution in [-0.2, 0) is 24.1 Å². The smallest absolute Gasteiger partial charge is 0.223 e. The number of fused-ring (bicyclic) bond motifs is 1. The molecule has 2 aromatic heterocycles. The summed E-state index contributed by atoms with van der Waals surface area (Å²) in [6, 6.07) is 16.1. The van der Waals surface area contributed by atoms with Gasteiger partial charge in [-0.15, -0.1) is 10.2 Å². The number of likely N-dealkylation sites (tertiary alicyclic amines) is 1. The van der Waals surface area contributed by atoms with Gasteiger partial charge in [-0.2, -0.15) is 0 Å². The van der Waals surface area contributed by atoms with E-state index >= 15 is 0 Å². The van der Waals surface area contributed by atoms with Gasteiger partial charge >= 0.3 is 0 Å². The zero-order valence-corrected chi connectivity index (χ0v) is 18.5. The third-order valence-corrected chi connectivity index (χ3v) is 6.57. The number of benzene rings is 2. The van der Waals surface area contributed by atoms with Gasteiger partial charge in [-0.05, 0) is 36.1 Å². The predicted octanol–water partition coefficient (Wildman–Crippen LogP) is 4.94. The molecule has 0 spiro atoms. The summed E-state index contributed by atoms with van der Waals surface area (Å²) in [5.41, 5.74) is 3.49. The van der Waals surface area contributed by atoms with Gasteiger partial charge in [-0.1, -0.05) is 48.0 Å². The van der Waals surface area contributed by atoms with E-state index in [4.69, 9.17) is 16.0 Å². The molecule has 1 aliphatic rings. The molecule has 4 aromatic rings. The maximum Gasteiger partial charge on any atom is 0.223 e. The van der Waals surface area contributed by atoms with Crippen molar-refractivity contribution in [1.29, 1.82) is 0 Å². The molecule has 6 nitrogen and oxygen atoms in total. The van der Waals surface area contributed by atoms with Crippen molar-refractivity contribution in [3.05, 3.63) is 82.7 Å². The highest BCUT2D eigenvalue weighted by Gasteiger charge is 2.28. The van der Waals surface area contributed by atoms with Crippen LogP contribution in [0, 0.1) is 0 Å². The normalized spacial score (nSPS) is 16.2. The monoisotopic (exact) mass is 448 g/mol. The van der Waals surface area contributed by atoms with E-state index in [1.165, 1.54) is 10.9 Å². The molecular formula is C25H25ClN4O2. The molecule has 7 heteroatoms. The first-order valence-electron chi connectivity index (χ1n) is 11.1. The highest BCUT2D eigenvalue weighted by molar-refractivity contribution is 6.31. The zero-order chi connectivity index (χ0) is 21.9. The second-order valence-corrected chi connectivity index (χ2v) is 8.70. The molecule has 1 amide bonds. The SMILES string of the molecule is O=C(CCc1nnc(CCc2c[nH]c3ccccc23)o1)N1CC[C@H](c2ccccc2Cl)C1. The van der Waals surface area contributed by atoms with Crippen LogP contribution in [0.25, 0.3) is 10.9 Å². The Labute approximate surface area is 191 Å². The molecule has 0 radical (unpaired) electrons. The van der Waals surface area contributed by atoms with Crippen molar-refractivity contribution in [2.75, 3.05) is 13.1 Å². The van der Waals surface area contributed by atoms with Gasteiger partial charge in [0.05, 0.1) is 0 Å². The number of halogens is 1. The van der Waals surface area contributed by atoms with Crippen LogP contribution in [-0.4, -0.2) is 39.1 Å². The molecule has 164 valence electrons. The van der Waals surface area contributed by atoms with Gasteiger partial charge in [0, 0.05) is 60.4 Å². The number of H-pyrrole nitrogens is 1. The number of para-hydroxylation sites is 1. The van der Waals surface area contributed by atoms with Gasteiger partial charge in [0.2, 0.25) is 17.7 Å². The van der Waals surface area contributed by atoms with Crippen LogP contribution in [0.4, 0.5) is 0 Å².